The lowest BCUT2D eigenvalue weighted by atomic mass is 10.1. The summed E-state index contributed by atoms with van der Waals surface area (Å²) in [7, 11) is 1.94. The van der Waals surface area contributed by atoms with Crippen molar-refractivity contribution in [2.75, 3.05) is 37.3 Å². The van der Waals surface area contributed by atoms with Gasteiger partial charge in [0.25, 0.3) is 0 Å². The highest BCUT2D eigenvalue weighted by molar-refractivity contribution is 5.94. The van der Waals surface area contributed by atoms with Crippen LogP contribution in [0.2, 0.25) is 0 Å². The van der Waals surface area contributed by atoms with Gasteiger partial charge < -0.3 is 16.0 Å². The Morgan fingerprint density at radius 2 is 1.95 bits per heavy atom. The minimum absolute atomic E-state index is 0.0561. The first-order valence-corrected chi connectivity index (χ1v) is 6.63. The second-order valence-electron chi connectivity index (χ2n) is 5.04. The number of hydrogen-bond donors (Lipinski definition) is 3. The average Bonchev–Trinajstić information content (AvgIpc) is 2.25. The van der Waals surface area contributed by atoms with Crippen LogP contribution in [0.1, 0.15) is 6.92 Å². The van der Waals surface area contributed by atoms with E-state index in [0.717, 1.165) is 13.1 Å². The van der Waals surface area contributed by atoms with Crippen LogP contribution < -0.4 is 16.0 Å². The van der Waals surface area contributed by atoms with Gasteiger partial charge in [0, 0.05) is 37.4 Å². The summed E-state index contributed by atoms with van der Waals surface area (Å²) in [5.74, 6) is -0.190. The van der Waals surface area contributed by atoms with E-state index in [1.807, 2.05) is 11.9 Å². The molecule has 0 radical (unpaired) electrons. The fourth-order valence-electron chi connectivity index (χ4n) is 2.02. The number of carbonyl (C=O) groups excluding carboxylic acids is 2. The first-order valence-electron chi connectivity index (χ1n) is 6.63. The molecule has 108 valence electrons. The monoisotopic (exact) mass is 276 g/mol. The maximum atomic E-state index is 11.9. The third-order valence-electron chi connectivity index (χ3n) is 3.24. The van der Waals surface area contributed by atoms with Crippen LogP contribution in [-0.2, 0) is 9.59 Å². The molecule has 1 aliphatic heterocycles. The molecule has 2 rings (SSSR count). The van der Waals surface area contributed by atoms with Gasteiger partial charge in [0.1, 0.15) is 0 Å². The second kappa shape index (κ2) is 6.49. The van der Waals surface area contributed by atoms with Gasteiger partial charge in [0.05, 0.1) is 6.54 Å². The molecule has 0 saturated carbocycles. The molecule has 1 aliphatic rings. The van der Waals surface area contributed by atoms with Gasteiger partial charge in [-0.2, -0.15) is 0 Å². The first kappa shape index (κ1) is 14.5. The van der Waals surface area contributed by atoms with Crippen molar-refractivity contribution in [3.63, 3.8) is 0 Å². The number of anilines is 2. The van der Waals surface area contributed by atoms with Crippen LogP contribution in [0.4, 0.5) is 11.4 Å². The number of rotatable bonds is 5. The molecule has 1 aromatic carbocycles. The number of benzene rings is 1. The maximum Gasteiger partial charge on any atom is 0.238 e. The van der Waals surface area contributed by atoms with Crippen LogP contribution in [0.5, 0.6) is 0 Å². The van der Waals surface area contributed by atoms with Crippen LogP contribution in [-0.4, -0.2) is 49.4 Å². The topological polar surface area (TPSA) is 73.5 Å². The Morgan fingerprint density at radius 1 is 1.30 bits per heavy atom. The van der Waals surface area contributed by atoms with Crippen molar-refractivity contribution >= 4 is 23.2 Å². The Bertz CT molecular complexity index is 500. The summed E-state index contributed by atoms with van der Waals surface area (Å²) in [4.78, 5) is 25.0. The van der Waals surface area contributed by atoms with Crippen LogP contribution in [0.15, 0.2) is 24.3 Å². The van der Waals surface area contributed by atoms with Gasteiger partial charge in [-0.15, -0.1) is 0 Å². The van der Waals surface area contributed by atoms with E-state index in [-0.39, 0.29) is 11.8 Å². The Labute approximate surface area is 118 Å². The SMILES string of the molecule is CC(=O)Nc1cccc(NC(=O)CN(C)C2CNC2)c1. The van der Waals surface area contributed by atoms with Gasteiger partial charge in [-0.05, 0) is 25.2 Å². The molecule has 0 aromatic heterocycles. The van der Waals surface area contributed by atoms with Crippen molar-refractivity contribution in [2.45, 2.75) is 13.0 Å². The number of nitrogens with zero attached hydrogens (tertiary/aromatic N) is 1. The largest absolute Gasteiger partial charge is 0.326 e. The predicted molar refractivity (Wildman–Crippen MR) is 78.7 cm³/mol. The van der Waals surface area contributed by atoms with Crippen LogP contribution >= 0.6 is 0 Å². The maximum absolute atomic E-state index is 11.9. The molecule has 1 heterocycles. The molecule has 1 saturated heterocycles. The van der Waals surface area contributed by atoms with Crippen molar-refractivity contribution in [3.05, 3.63) is 24.3 Å². The fourth-order valence-corrected chi connectivity index (χ4v) is 2.02. The highest BCUT2D eigenvalue weighted by Crippen LogP contribution is 2.15. The molecular formula is C14H20N4O2. The lowest BCUT2D eigenvalue weighted by Crippen LogP contribution is -2.57. The standard InChI is InChI=1S/C14H20N4O2/c1-10(19)16-11-4-3-5-12(6-11)17-14(20)9-18(2)13-7-15-8-13/h3-6,13,15H,7-9H2,1-2H3,(H,16,19)(H,17,20). The van der Waals surface area contributed by atoms with E-state index in [9.17, 15) is 9.59 Å². The van der Waals surface area contributed by atoms with Crippen LogP contribution in [0.3, 0.4) is 0 Å². The summed E-state index contributed by atoms with van der Waals surface area (Å²) in [5.41, 5.74) is 1.35. The Morgan fingerprint density at radius 3 is 2.50 bits per heavy atom. The van der Waals surface area contributed by atoms with Gasteiger partial charge in [0.2, 0.25) is 11.8 Å². The smallest absolute Gasteiger partial charge is 0.238 e. The van der Waals surface area contributed by atoms with E-state index in [2.05, 4.69) is 16.0 Å². The Balaban J connectivity index is 1.88. The molecule has 6 nitrogen and oxygen atoms in total. The molecule has 1 aromatic rings. The molecule has 3 N–H and O–H groups in total. The third kappa shape index (κ3) is 4.04. The van der Waals surface area contributed by atoms with Crippen LogP contribution in [0, 0.1) is 0 Å². The molecule has 1 fully saturated rings. The minimum atomic E-state index is -0.134. The van der Waals surface area contributed by atoms with Crippen molar-refractivity contribution in [2.24, 2.45) is 0 Å². The van der Waals surface area contributed by atoms with Crippen molar-refractivity contribution in [1.82, 2.24) is 10.2 Å². The van der Waals surface area contributed by atoms with Gasteiger partial charge >= 0.3 is 0 Å². The number of hydrogen-bond acceptors (Lipinski definition) is 4. The van der Waals surface area contributed by atoms with E-state index < -0.39 is 0 Å². The molecule has 20 heavy (non-hydrogen) atoms. The summed E-state index contributed by atoms with van der Waals surface area (Å²) >= 11 is 0. The molecule has 0 aliphatic carbocycles. The van der Waals surface area contributed by atoms with Gasteiger partial charge in [-0.3, -0.25) is 14.5 Å². The average molecular weight is 276 g/mol. The zero-order valence-electron chi connectivity index (χ0n) is 11.8. The molecule has 2 amide bonds. The number of carbonyl (C=O) groups is 2. The third-order valence-corrected chi connectivity index (χ3v) is 3.24. The molecule has 0 unspecified atom stereocenters. The number of nitrogens with one attached hydrogen (secondary N) is 3. The molecular weight excluding hydrogens is 256 g/mol. The van der Waals surface area contributed by atoms with E-state index in [1.165, 1.54) is 6.92 Å². The summed E-state index contributed by atoms with van der Waals surface area (Å²) in [6, 6.07) is 7.55. The van der Waals surface area contributed by atoms with Gasteiger partial charge in [-0.25, -0.2) is 0 Å². The summed E-state index contributed by atoms with van der Waals surface area (Å²) < 4.78 is 0. The zero-order chi connectivity index (χ0) is 14.5. The molecule has 0 spiro atoms. The first-order chi connectivity index (χ1) is 9.54. The normalized spacial score (nSPS) is 14.8. The van der Waals surface area contributed by atoms with Crippen molar-refractivity contribution in [3.8, 4) is 0 Å². The van der Waals surface area contributed by atoms with Crippen molar-refractivity contribution in [1.29, 1.82) is 0 Å². The Kier molecular flexibility index (Phi) is 4.70. The second-order valence-corrected chi connectivity index (χ2v) is 5.04. The van der Waals surface area contributed by atoms with Gasteiger partial charge in [0.15, 0.2) is 0 Å². The zero-order valence-corrected chi connectivity index (χ0v) is 11.8. The van der Waals surface area contributed by atoms with Gasteiger partial charge in [-0.1, -0.05) is 6.07 Å². The predicted octanol–water partition coefficient (Wildman–Crippen LogP) is 0.487. The molecule has 0 atom stereocenters. The Hall–Kier alpha value is -1.92. The quantitative estimate of drug-likeness (QED) is 0.731. The van der Waals surface area contributed by atoms with E-state index in [0.29, 0.717) is 24.0 Å². The minimum Gasteiger partial charge on any atom is -0.326 e. The fraction of sp³-hybridized carbons (Fsp3) is 0.429. The van der Waals surface area contributed by atoms with E-state index in [1.54, 1.807) is 24.3 Å². The summed E-state index contributed by atoms with van der Waals surface area (Å²) in [5, 5.41) is 8.70. The van der Waals surface area contributed by atoms with Crippen LogP contribution in [0.25, 0.3) is 0 Å². The lowest BCUT2D eigenvalue weighted by molar-refractivity contribution is -0.117. The highest BCUT2D eigenvalue weighted by atomic mass is 16.2. The molecule has 6 heteroatoms. The highest BCUT2D eigenvalue weighted by Gasteiger charge is 2.22. The summed E-state index contributed by atoms with van der Waals surface area (Å²) in [6.07, 6.45) is 0. The number of amides is 2. The lowest BCUT2D eigenvalue weighted by Gasteiger charge is -2.35. The van der Waals surface area contributed by atoms with Crippen molar-refractivity contribution < 1.29 is 9.59 Å². The molecule has 0 bridgehead atoms. The summed E-state index contributed by atoms with van der Waals surface area (Å²) in [6.45, 7) is 3.67. The number of likely N-dealkylation sites (N-methyl/N-ethyl adjacent to an activating group) is 1. The van der Waals surface area contributed by atoms with E-state index in [4.69, 9.17) is 0 Å². The van der Waals surface area contributed by atoms with E-state index >= 15 is 0 Å².